The maximum Gasteiger partial charge on any atom is 0.306 e. The minimum absolute atomic E-state index is 0.00153. The lowest BCUT2D eigenvalue weighted by molar-refractivity contribution is -0.147. The molecule has 154 valence electrons. The average Bonchev–Trinajstić information content (AvgIpc) is 3.20. The summed E-state index contributed by atoms with van der Waals surface area (Å²) in [5, 5.41) is 2.56. The van der Waals surface area contributed by atoms with Crippen LogP contribution in [0.2, 0.25) is 0 Å². The SMILES string of the molecule is CC(=O)c1ccccc1NC(=O)COC(=O)CCc1ccc(-c2ccccc2F)o1. The highest BCUT2D eigenvalue weighted by atomic mass is 19.1. The second-order valence-corrected chi connectivity index (χ2v) is 6.56. The average molecular weight is 409 g/mol. The molecule has 30 heavy (non-hydrogen) atoms. The second kappa shape index (κ2) is 9.65. The molecular formula is C23H20FNO5. The van der Waals surface area contributed by atoms with Crippen LogP contribution in [0.3, 0.4) is 0 Å². The zero-order valence-electron chi connectivity index (χ0n) is 16.3. The first-order chi connectivity index (χ1) is 14.4. The summed E-state index contributed by atoms with van der Waals surface area (Å²) in [6.07, 6.45) is 0.254. The molecule has 1 aromatic heterocycles. The fourth-order valence-corrected chi connectivity index (χ4v) is 2.85. The van der Waals surface area contributed by atoms with E-state index < -0.39 is 24.3 Å². The van der Waals surface area contributed by atoms with Gasteiger partial charge in [0, 0.05) is 12.0 Å². The summed E-state index contributed by atoms with van der Waals surface area (Å²) >= 11 is 0. The number of rotatable bonds is 8. The quantitative estimate of drug-likeness (QED) is 0.440. The highest BCUT2D eigenvalue weighted by Gasteiger charge is 2.13. The molecule has 0 unspecified atom stereocenters. The highest BCUT2D eigenvalue weighted by Crippen LogP contribution is 2.25. The molecule has 6 nitrogen and oxygen atoms in total. The number of furan rings is 1. The molecule has 1 N–H and O–H groups in total. The Morgan fingerprint density at radius 1 is 1.00 bits per heavy atom. The lowest BCUT2D eigenvalue weighted by Gasteiger charge is -2.09. The van der Waals surface area contributed by atoms with Gasteiger partial charge in [-0.05, 0) is 43.3 Å². The van der Waals surface area contributed by atoms with Crippen molar-refractivity contribution in [3.8, 4) is 11.3 Å². The highest BCUT2D eigenvalue weighted by molar-refractivity contribution is 6.04. The third-order valence-corrected chi connectivity index (χ3v) is 4.32. The Morgan fingerprint density at radius 2 is 1.73 bits per heavy atom. The molecule has 7 heteroatoms. The Hall–Kier alpha value is -3.74. The van der Waals surface area contributed by atoms with Gasteiger partial charge in [-0.2, -0.15) is 0 Å². The van der Waals surface area contributed by atoms with Crippen LogP contribution in [0.25, 0.3) is 11.3 Å². The van der Waals surface area contributed by atoms with E-state index in [1.807, 2.05) is 0 Å². The Labute approximate surface area is 172 Å². The number of carbonyl (C=O) groups excluding carboxylic acids is 3. The number of ether oxygens (including phenoxy) is 1. The third kappa shape index (κ3) is 5.41. The van der Waals surface area contributed by atoms with E-state index in [0.29, 0.717) is 28.3 Å². The fraction of sp³-hybridized carbons (Fsp3) is 0.174. The second-order valence-electron chi connectivity index (χ2n) is 6.56. The molecule has 3 aromatic rings. The Kier molecular flexibility index (Phi) is 6.75. The van der Waals surface area contributed by atoms with E-state index in [2.05, 4.69) is 5.32 Å². The number of carbonyl (C=O) groups is 3. The maximum atomic E-state index is 13.8. The zero-order valence-corrected chi connectivity index (χ0v) is 16.3. The van der Waals surface area contributed by atoms with Crippen LogP contribution in [0, 0.1) is 5.82 Å². The fourth-order valence-electron chi connectivity index (χ4n) is 2.85. The van der Waals surface area contributed by atoms with Crippen molar-refractivity contribution in [1.82, 2.24) is 0 Å². The molecule has 0 saturated heterocycles. The molecule has 0 aliphatic carbocycles. The van der Waals surface area contributed by atoms with Crippen molar-refractivity contribution >= 4 is 23.3 Å². The summed E-state index contributed by atoms with van der Waals surface area (Å²) < 4.78 is 24.4. The number of ketones is 1. The van der Waals surface area contributed by atoms with Gasteiger partial charge in [0.25, 0.3) is 5.91 Å². The molecule has 1 heterocycles. The molecule has 2 aromatic carbocycles. The van der Waals surface area contributed by atoms with E-state index in [1.165, 1.54) is 13.0 Å². The lowest BCUT2D eigenvalue weighted by atomic mass is 10.1. The summed E-state index contributed by atoms with van der Waals surface area (Å²) in [6.45, 7) is 0.931. The van der Waals surface area contributed by atoms with Crippen molar-refractivity contribution in [1.29, 1.82) is 0 Å². The van der Waals surface area contributed by atoms with E-state index in [4.69, 9.17) is 9.15 Å². The molecule has 0 spiro atoms. The van der Waals surface area contributed by atoms with E-state index in [-0.39, 0.29) is 18.6 Å². The molecule has 0 fully saturated rings. The molecule has 0 aliphatic heterocycles. The van der Waals surface area contributed by atoms with Crippen molar-refractivity contribution in [2.75, 3.05) is 11.9 Å². The van der Waals surface area contributed by atoms with Gasteiger partial charge in [-0.1, -0.05) is 24.3 Å². The Balaban J connectivity index is 1.47. The van der Waals surface area contributed by atoms with Gasteiger partial charge >= 0.3 is 5.97 Å². The molecule has 0 bridgehead atoms. The molecule has 0 aliphatic rings. The number of esters is 1. The van der Waals surface area contributed by atoms with Gasteiger partial charge in [0.1, 0.15) is 17.3 Å². The zero-order chi connectivity index (χ0) is 21.5. The van der Waals surface area contributed by atoms with Crippen LogP contribution in [0.5, 0.6) is 0 Å². The van der Waals surface area contributed by atoms with Gasteiger partial charge in [0.05, 0.1) is 17.7 Å². The van der Waals surface area contributed by atoms with Crippen molar-refractivity contribution in [3.63, 3.8) is 0 Å². The van der Waals surface area contributed by atoms with Crippen molar-refractivity contribution in [2.45, 2.75) is 19.8 Å². The molecular weight excluding hydrogens is 389 g/mol. The smallest absolute Gasteiger partial charge is 0.306 e. The lowest BCUT2D eigenvalue weighted by Crippen LogP contribution is -2.22. The largest absolute Gasteiger partial charge is 0.461 e. The van der Waals surface area contributed by atoms with Crippen LogP contribution in [0.1, 0.15) is 29.5 Å². The number of para-hydroxylation sites is 1. The van der Waals surface area contributed by atoms with Crippen LogP contribution >= 0.6 is 0 Å². The number of anilines is 1. The van der Waals surface area contributed by atoms with E-state index in [9.17, 15) is 18.8 Å². The van der Waals surface area contributed by atoms with Gasteiger partial charge in [-0.3, -0.25) is 14.4 Å². The third-order valence-electron chi connectivity index (χ3n) is 4.32. The van der Waals surface area contributed by atoms with Gasteiger partial charge in [-0.25, -0.2) is 4.39 Å². The monoisotopic (exact) mass is 409 g/mol. The maximum absolute atomic E-state index is 13.8. The molecule has 0 saturated carbocycles. The summed E-state index contributed by atoms with van der Waals surface area (Å²) in [4.78, 5) is 35.5. The van der Waals surface area contributed by atoms with Crippen molar-refractivity contribution < 1.29 is 27.9 Å². The summed E-state index contributed by atoms with van der Waals surface area (Å²) in [7, 11) is 0. The van der Waals surface area contributed by atoms with Gasteiger partial charge < -0.3 is 14.5 Å². The molecule has 3 rings (SSSR count). The van der Waals surface area contributed by atoms with Crippen LogP contribution < -0.4 is 5.32 Å². The number of hydrogen-bond acceptors (Lipinski definition) is 5. The summed E-state index contributed by atoms with van der Waals surface area (Å²) in [5.41, 5.74) is 1.08. The number of aryl methyl sites for hydroxylation is 1. The predicted molar refractivity (Wildman–Crippen MR) is 108 cm³/mol. The van der Waals surface area contributed by atoms with Crippen LogP contribution in [-0.2, 0) is 20.7 Å². The number of Topliss-reactive ketones (excluding diaryl/α,β-unsaturated/α-hetero) is 1. The van der Waals surface area contributed by atoms with E-state index in [0.717, 1.165) is 0 Å². The minimum atomic E-state index is -0.575. The normalized spacial score (nSPS) is 10.5. The molecule has 0 atom stereocenters. The van der Waals surface area contributed by atoms with E-state index >= 15 is 0 Å². The Bertz CT molecular complexity index is 1070. The summed E-state index contributed by atoms with van der Waals surface area (Å²) in [5.74, 6) is -0.818. The number of benzene rings is 2. The van der Waals surface area contributed by atoms with Crippen molar-refractivity contribution in [2.24, 2.45) is 0 Å². The minimum Gasteiger partial charge on any atom is -0.461 e. The number of halogens is 1. The van der Waals surface area contributed by atoms with Crippen LogP contribution in [0.15, 0.2) is 65.1 Å². The van der Waals surface area contributed by atoms with Crippen LogP contribution in [0.4, 0.5) is 10.1 Å². The van der Waals surface area contributed by atoms with Gasteiger partial charge in [0.2, 0.25) is 0 Å². The molecule has 0 radical (unpaired) electrons. The first kappa shape index (κ1) is 21.0. The predicted octanol–water partition coefficient (Wildman–Crippen LogP) is 4.40. The van der Waals surface area contributed by atoms with Gasteiger partial charge in [0.15, 0.2) is 12.4 Å². The standard InChI is InChI=1S/C23H20FNO5/c1-15(26)17-6-3-5-9-20(17)25-22(27)14-29-23(28)13-11-16-10-12-21(30-16)18-7-2-4-8-19(18)24/h2-10,12H,11,13-14H2,1H3,(H,25,27). The van der Waals surface area contributed by atoms with Crippen molar-refractivity contribution in [3.05, 3.63) is 77.8 Å². The Morgan fingerprint density at radius 3 is 2.50 bits per heavy atom. The summed E-state index contributed by atoms with van der Waals surface area (Å²) in [6, 6.07) is 16.1. The van der Waals surface area contributed by atoms with E-state index in [1.54, 1.807) is 54.6 Å². The molecule has 1 amide bonds. The van der Waals surface area contributed by atoms with Crippen LogP contribution in [-0.4, -0.2) is 24.3 Å². The topological polar surface area (TPSA) is 85.6 Å². The number of hydrogen-bond donors (Lipinski definition) is 1. The first-order valence-corrected chi connectivity index (χ1v) is 9.33. The number of amides is 1. The number of nitrogens with one attached hydrogen (secondary N) is 1. The first-order valence-electron chi connectivity index (χ1n) is 9.33. The van der Waals surface area contributed by atoms with Gasteiger partial charge in [-0.15, -0.1) is 0 Å².